The van der Waals surface area contributed by atoms with Crippen molar-refractivity contribution in [3.8, 4) is 45.5 Å². The molecule has 33 heavy (non-hydrogen) atoms. The number of aromatic amines is 2. The topological polar surface area (TPSA) is 119 Å². The maximum Gasteiger partial charge on any atom is 0.231 e. The Hall–Kier alpha value is -4.73. The molecule has 0 fully saturated rings. The number of benzene rings is 1. The van der Waals surface area contributed by atoms with E-state index >= 15 is 0 Å². The van der Waals surface area contributed by atoms with Gasteiger partial charge in [0.1, 0.15) is 11.0 Å². The first-order valence-corrected chi connectivity index (χ1v) is 10.3. The summed E-state index contributed by atoms with van der Waals surface area (Å²) in [4.78, 5) is 17.6. The molecule has 0 radical (unpaired) electrons. The van der Waals surface area contributed by atoms with Gasteiger partial charge in [0.25, 0.3) is 0 Å². The molecule has 0 saturated heterocycles. The molecule has 1 aromatic carbocycles. The van der Waals surface area contributed by atoms with E-state index in [1.165, 1.54) is 0 Å². The van der Waals surface area contributed by atoms with Crippen molar-refractivity contribution in [3.63, 3.8) is 0 Å². The third-order valence-corrected chi connectivity index (χ3v) is 5.68. The number of imidazole rings is 1. The van der Waals surface area contributed by atoms with Crippen LogP contribution in [0.5, 0.6) is 11.5 Å². The van der Waals surface area contributed by atoms with E-state index in [2.05, 4.69) is 25.3 Å². The van der Waals surface area contributed by atoms with Gasteiger partial charge in [0.2, 0.25) is 6.79 Å². The van der Waals surface area contributed by atoms with E-state index < -0.39 is 0 Å². The quantitative estimate of drug-likeness (QED) is 0.434. The van der Waals surface area contributed by atoms with E-state index in [0.29, 0.717) is 17.3 Å². The molecule has 0 unspecified atom stereocenters. The number of pyridine rings is 2. The molecule has 10 nitrogen and oxygen atoms in total. The first kappa shape index (κ1) is 17.9. The van der Waals surface area contributed by atoms with Crippen molar-refractivity contribution in [1.29, 1.82) is 0 Å². The second-order valence-corrected chi connectivity index (χ2v) is 7.78. The van der Waals surface area contributed by atoms with Crippen LogP contribution in [0.1, 0.15) is 0 Å². The van der Waals surface area contributed by atoms with Crippen LogP contribution in [0.25, 0.3) is 56.1 Å². The van der Waals surface area contributed by atoms with Gasteiger partial charge in [-0.15, -0.1) is 0 Å². The van der Waals surface area contributed by atoms with E-state index in [1.54, 1.807) is 17.1 Å². The minimum Gasteiger partial charge on any atom is -0.454 e. The average Bonchev–Trinajstić information content (AvgIpc) is 3.62. The second-order valence-electron chi connectivity index (χ2n) is 7.78. The monoisotopic (exact) mass is 436 g/mol. The number of aryl methyl sites for hydroxylation is 1. The number of hydrogen-bond acceptors (Lipinski definition) is 7. The minimum atomic E-state index is 0.225. The Bertz CT molecular complexity index is 1680. The smallest absolute Gasteiger partial charge is 0.231 e. The highest BCUT2D eigenvalue weighted by atomic mass is 16.7. The predicted octanol–water partition coefficient (Wildman–Crippen LogP) is 3.69. The van der Waals surface area contributed by atoms with Crippen LogP contribution in [0.2, 0.25) is 0 Å². The Morgan fingerprint density at radius 2 is 1.82 bits per heavy atom. The zero-order chi connectivity index (χ0) is 21.9. The standard InChI is InChI=1S/C23H16N8O2/c1-31-10-13(9-25-31)14-3-4-16-21(26-14)22(30-29-16)23-27-15-6-7-24-19(20(15)28-23)12-2-5-17-18(8-12)33-11-32-17/h2-10H,11H2,1H3,(H,27,28)(H,29,30). The number of rotatable bonds is 3. The fourth-order valence-corrected chi connectivity index (χ4v) is 4.08. The Morgan fingerprint density at radius 3 is 2.73 bits per heavy atom. The Labute approximate surface area is 186 Å². The van der Waals surface area contributed by atoms with Gasteiger partial charge >= 0.3 is 0 Å². The minimum absolute atomic E-state index is 0.225. The Balaban J connectivity index is 1.37. The van der Waals surface area contributed by atoms with E-state index in [0.717, 1.165) is 50.3 Å². The lowest BCUT2D eigenvalue weighted by atomic mass is 10.1. The van der Waals surface area contributed by atoms with Crippen molar-refractivity contribution >= 4 is 22.1 Å². The number of aromatic nitrogens is 8. The molecule has 160 valence electrons. The lowest BCUT2D eigenvalue weighted by Crippen LogP contribution is -1.92. The van der Waals surface area contributed by atoms with Crippen LogP contribution in [-0.4, -0.2) is 46.7 Å². The normalized spacial score (nSPS) is 12.8. The summed E-state index contributed by atoms with van der Waals surface area (Å²) in [5.41, 5.74) is 7.19. The van der Waals surface area contributed by atoms with Gasteiger partial charge in [-0.1, -0.05) is 0 Å². The molecule has 10 heteroatoms. The molecule has 0 amide bonds. The van der Waals surface area contributed by atoms with Crippen molar-refractivity contribution in [2.24, 2.45) is 7.05 Å². The highest BCUT2D eigenvalue weighted by molar-refractivity contribution is 5.95. The van der Waals surface area contributed by atoms with Crippen LogP contribution in [0.15, 0.2) is 55.0 Å². The molecule has 5 aromatic heterocycles. The molecule has 6 heterocycles. The van der Waals surface area contributed by atoms with Gasteiger partial charge in [0.05, 0.1) is 28.6 Å². The molecule has 0 atom stereocenters. The van der Waals surface area contributed by atoms with Crippen molar-refractivity contribution < 1.29 is 9.47 Å². The third-order valence-electron chi connectivity index (χ3n) is 5.68. The van der Waals surface area contributed by atoms with Gasteiger partial charge in [0.15, 0.2) is 23.0 Å². The Kier molecular flexibility index (Phi) is 3.60. The number of nitrogens with zero attached hydrogens (tertiary/aromatic N) is 6. The Morgan fingerprint density at radius 1 is 0.909 bits per heavy atom. The van der Waals surface area contributed by atoms with E-state index in [1.807, 2.05) is 49.6 Å². The summed E-state index contributed by atoms with van der Waals surface area (Å²) in [5, 5.41) is 11.8. The van der Waals surface area contributed by atoms with Crippen LogP contribution in [0.3, 0.4) is 0 Å². The summed E-state index contributed by atoms with van der Waals surface area (Å²) >= 11 is 0. The summed E-state index contributed by atoms with van der Waals surface area (Å²) in [5.74, 6) is 2.04. The number of hydrogen-bond donors (Lipinski definition) is 2. The molecule has 0 spiro atoms. The fourth-order valence-electron chi connectivity index (χ4n) is 4.08. The van der Waals surface area contributed by atoms with Crippen LogP contribution in [0.4, 0.5) is 0 Å². The zero-order valence-electron chi connectivity index (χ0n) is 17.4. The molecular formula is C23H16N8O2. The summed E-state index contributed by atoms with van der Waals surface area (Å²) in [6.07, 6.45) is 5.47. The molecule has 2 N–H and O–H groups in total. The molecule has 1 aliphatic heterocycles. The highest BCUT2D eigenvalue weighted by Gasteiger charge is 2.19. The number of H-pyrrole nitrogens is 2. The van der Waals surface area contributed by atoms with Crippen molar-refractivity contribution in [2.45, 2.75) is 0 Å². The maximum atomic E-state index is 5.53. The second kappa shape index (κ2) is 6.63. The summed E-state index contributed by atoms with van der Waals surface area (Å²) < 4.78 is 12.7. The highest BCUT2D eigenvalue weighted by Crippen LogP contribution is 2.37. The van der Waals surface area contributed by atoms with Gasteiger partial charge in [-0.25, -0.2) is 9.97 Å². The number of nitrogens with one attached hydrogen (secondary N) is 2. The van der Waals surface area contributed by atoms with Gasteiger partial charge in [-0.2, -0.15) is 10.2 Å². The lowest BCUT2D eigenvalue weighted by Gasteiger charge is -2.03. The summed E-state index contributed by atoms with van der Waals surface area (Å²) in [6.45, 7) is 0.225. The maximum absolute atomic E-state index is 5.53. The SMILES string of the molecule is Cn1cc(-c2ccc3[nH]nc(-c4nc5c(-c6ccc7c(c6)OCO7)nccc5[nH]4)c3n2)cn1. The third kappa shape index (κ3) is 2.77. The molecule has 1 aliphatic rings. The van der Waals surface area contributed by atoms with Crippen molar-refractivity contribution in [1.82, 2.24) is 39.9 Å². The molecule has 7 rings (SSSR count). The zero-order valence-corrected chi connectivity index (χ0v) is 17.4. The first-order chi connectivity index (χ1) is 16.2. The van der Waals surface area contributed by atoms with Gasteiger partial charge in [-0.3, -0.25) is 14.8 Å². The van der Waals surface area contributed by atoms with Crippen LogP contribution in [0, 0.1) is 0 Å². The van der Waals surface area contributed by atoms with Gasteiger partial charge in [-0.05, 0) is 36.4 Å². The van der Waals surface area contributed by atoms with Crippen molar-refractivity contribution in [2.75, 3.05) is 6.79 Å². The van der Waals surface area contributed by atoms with Crippen LogP contribution < -0.4 is 9.47 Å². The molecule has 0 aliphatic carbocycles. The van der Waals surface area contributed by atoms with E-state index in [9.17, 15) is 0 Å². The predicted molar refractivity (Wildman–Crippen MR) is 121 cm³/mol. The molecular weight excluding hydrogens is 420 g/mol. The van der Waals surface area contributed by atoms with Gasteiger partial charge in [0, 0.05) is 30.6 Å². The molecule has 0 saturated carbocycles. The van der Waals surface area contributed by atoms with E-state index in [4.69, 9.17) is 19.4 Å². The lowest BCUT2D eigenvalue weighted by molar-refractivity contribution is 0.174. The summed E-state index contributed by atoms with van der Waals surface area (Å²) in [6, 6.07) is 11.6. The van der Waals surface area contributed by atoms with Crippen molar-refractivity contribution in [3.05, 3.63) is 55.0 Å². The van der Waals surface area contributed by atoms with Crippen LogP contribution >= 0.6 is 0 Å². The largest absolute Gasteiger partial charge is 0.454 e. The average molecular weight is 436 g/mol. The first-order valence-electron chi connectivity index (χ1n) is 10.3. The molecule has 0 bridgehead atoms. The van der Waals surface area contributed by atoms with Crippen LogP contribution in [-0.2, 0) is 7.05 Å². The fraction of sp³-hybridized carbons (Fsp3) is 0.0870. The number of ether oxygens (including phenoxy) is 2. The summed E-state index contributed by atoms with van der Waals surface area (Å²) in [7, 11) is 1.88. The van der Waals surface area contributed by atoms with Gasteiger partial charge < -0.3 is 14.5 Å². The van der Waals surface area contributed by atoms with E-state index in [-0.39, 0.29) is 6.79 Å². The molecule has 6 aromatic rings. The number of fused-ring (bicyclic) bond motifs is 3.